The van der Waals surface area contributed by atoms with E-state index < -0.39 is 10.0 Å². The van der Waals surface area contributed by atoms with Crippen molar-refractivity contribution in [1.29, 1.82) is 0 Å². The number of nitrogens with zero attached hydrogens (tertiary/aromatic N) is 1. The molecular formula is C13H16BrCl2NO2S. The van der Waals surface area contributed by atoms with Gasteiger partial charge in [0.2, 0.25) is 10.0 Å². The first-order valence-corrected chi connectivity index (χ1v) is 9.81. The zero-order valence-electron chi connectivity index (χ0n) is 10.9. The van der Waals surface area contributed by atoms with Gasteiger partial charge in [0.25, 0.3) is 0 Å². The Labute approximate surface area is 138 Å². The van der Waals surface area contributed by atoms with Gasteiger partial charge in [-0.05, 0) is 37.5 Å². The molecule has 1 saturated heterocycles. The first kappa shape index (κ1) is 16.6. The third-order valence-corrected chi connectivity index (χ3v) is 6.62. The van der Waals surface area contributed by atoms with Crippen molar-refractivity contribution in [2.45, 2.75) is 36.6 Å². The van der Waals surface area contributed by atoms with Crippen molar-refractivity contribution in [3.05, 3.63) is 28.2 Å². The van der Waals surface area contributed by atoms with E-state index in [9.17, 15) is 8.42 Å². The highest BCUT2D eigenvalue weighted by Gasteiger charge is 2.34. The van der Waals surface area contributed by atoms with Crippen LogP contribution in [0.5, 0.6) is 0 Å². The van der Waals surface area contributed by atoms with Gasteiger partial charge < -0.3 is 0 Å². The summed E-state index contributed by atoms with van der Waals surface area (Å²) in [5.74, 6) is 0. The molecular weight excluding hydrogens is 385 g/mol. The van der Waals surface area contributed by atoms with E-state index in [1.807, 2.05) is 0 Å². The average molecular weight is 401 g/mol. The lowest BCUT2D eigenvalue weighted by molar-refractivity contribution is 0.248. The lowest BCUT2D eigenvalue weighted by atomic mass is 10.0. The van der Waals surface area contributed by atoms with Crippen molar-refractivity contribution < 1.29 is 8.42 Å². The van der Waals surface area contributed by atoms with E-state index in [1.165, 1.54) is 12.1 Å². The summed E-state index contributed by atoms with van der Waals surface area (Å²) in [6.45, 7) is 0.544. The van der Waals surface area contributed by atoms with Crippen LogP contribution >= 0.6 is 39.1 Å². The Hall–Kier alpha value is 0.190. The topological polar surface area (TPSA) is 37.4 Å². The Bertz CT molecular complexity index is 578. The van der Waals surface area contributed by atoms with Gasteiger partial charge in [-0.3, -0.25) is 0 Å². The SMILES string of the molecule is O=S(=O)(c1cc(Cl)ccc1Cl)N1CCCCC1CCBr. The van der Waals surface area contributed by atoms with E-state index in [-0.39, 0.29) is 16.0 Å². The van der Waals surface area contributed by atoms with Crippen molar-refractivity contribution in [3.8, 4) is 0 Å². The molecule has 1 unspecified atom stereocenters. The van der Waals surface area contributed by atoms with Gasteiger partial charge in [-0.2, -0.15) is 4.31 Å². The van der Waals surface area contributed by atoms with Crippen LogP contribution in [0.25, 0.3) is 0 Å². The lowest BCUT2D eigenvalue weighted by Gasteiger charge is -2.34. The number of rotatable bonds is 4. The van der Waals surface area contributed by atoms with Gasteiger partial charge >= 0.3 is 0 Å². The molecule has 1 aliphatic rings. The van der Waals surface area contributed by atoms with Crippen LogP contribution in [0.3, 0.4) is 0 Å². The van der Waals surface area contributed by atoms with Gasteiger partial charge in [-0.1, -0.05) is 45.6 Å². The van der Waals surface area contributed by atoms with Crippen molar-refractivity contribution in [2.75, 3.05) is 11.9 Å². The minimum absolute atomic E-state index is 0.0307. The Morgan fingerprint density at radius 1 is 1.30 bits per heavy atom. The highest BCUT2D eigenvalue weighted by Crippen LogP contribution is 2.32. The molecule has 1 aromatic rings. The number of halogens is 3. The molecule has 0 radical (unpaired) electrons. The summed E-state index contributed by atoms with van der Waals surface area (Å²) in [7, 11) is -3.59. The van der Waals surface area contributed by atoms with Crippen molar-refractivity contribution in [1.82, 2.24) is 4.31 Å². The molecule has 0 spiro atoms. The Kier molecular flexibility index (Phi) is 5.77. The Morgan fingerprint density at radius 2 is 2.05 bits per heavy atom. The van der Waals surface area contributed by atoms with Crippen LogP contribution in [0.2, 0.25) is 10.0 Å². The smallest absolute Gasteiger partial charge is 0.207 e. The number of benzene rings is 1. The average Bonchev–Trinajstić information content (AvgIpc) is 2.42. The molecule has 7 heteroatoms. The molecule has 0 aromatic heterocycles. The second kappa shape index (κ2) is 6.97. The van der Waals surface area contributed by atoms with Crippen LogP contribution in [0.1, 0.15) is 25.7 Å². The highest BCUT2D eigenvalue weighted by atomic mass is 79.9. The van der Waals surface area contributed by atoms with Crippen molar-refractivity contribution >= 4 is 49.2 Å². The van der Waals surface area contributed by atoms with Crippen LogP contribution in [-0.4, -0.2) is 30.6 Å². The largest absolute Gasteiger partial charge is 0.244 e. The molecule has 0 N–H and O–H groups in total. The Balaban J connectivity index is 2.39. The lowest BCUT2D eigenvalue weighted by Crippen LogP contribution is -2.43. The summed E-state index contributed by atoms with van der Waals surface area (Å²) in [6.07, 6.45) is 3.64. The molecule has 0 amide bonds. The van der Waals surface area contributed by atoms with E-state index in [0.717, 1.165) is 31.0 Å². The molecule has 1 aliphatic heterocycles. The fourth-order valence-corrected chi connectivity index (χ4v) is 5.50. The third kappa shape index (κ3) is 3.50. The Morgan fingerprint density at radius 3 is 2.75 bits per heavy atom. The number of hydrogen-bond donors (Lipinski definition) is 0. The fourth-order valence-electron chi connectivity index (χ4n) is 2.51. The van der Waals surface area contributed by atoms with Gasteiger partial charge in [-0.25, -0.2) is 8.42 Å². The summed E-state index contributed by atoms with van der Waals surface area (Å²) < 4.78 is 27.2. The molecule has 0 aliphatic carbocycles. The summed E-state index contributed by atoms with van der Waals surface area (Å²) in [6, 6.07) is 4.58. The third-order valence-electron chi connectivity index (χ3n) is 3.50. The van der Waals surface area contributed by atoms with Crippen LogP contribution < -0.4 is 0 Å². The molecule has 2 rings (SSSR count). The fraction of sp³-hybridized carbons (Fsp3) is 0.538. The summed E-state index contributed by atoms with van der Waals surface area (Å²) in [5.41, 5.74) is 0. The molecule has 1 heterocycles. The molecule has 3 nitrogen and oxygen atoms in total. The predicted octanol–water partition coefficient (Wildman–Crippen LogP) is 4.32. The minimum Gasteiger partial charge on any atom is -0.207 e. The van der Waals surface area contributed by atoms with Gasteiger partial charge in [-0.15, -0.1) is 0 Å². The number of piperidine rings is 1. The first-order chi connectivity index (χ1) is 9.46. The monoisotopic (exact) mass is 399 g/mol. The number of sulfonamides is 1. The van der Waals surface area contributed by atoms with Crippen LogP contribution in [0, 0.1) is 0 Å². The van der Waals surface area contributed by atoms with E-state index in [0.29, 0.717) is 11.6 Å². The maximum Gasteiger partial charge on any atom is 0.244 e. The van der Waals surface area contributed by atoms with Crippen LogP contribution in [-0.2, 0) is 10.0 Å². The zero-order chi connectivity index (χ0) is 14.8. The normalized spacial score (nSPS) is 21.1. The molecule has 112 valence electrons. The number of alkyl halides is 1. The van der Waals surface area contributed by atoms with Gasteiger partial charge in [0.1, 0.15) is 4.90 Å². The zero-order valence-corrected chi connectivity index (χ0v) is 14.8. The predicted molar refractivity (Wildman–Crippen MR) is 86.4 cm³/mol. The molecule has 1 aromatic carbocycles. The molecule has 0 saturated carbocycles. The van der Waals surface area contributed by atoms with E-state index in [2.05, 4.69) is 15.9 Å². The van der Waals surface area contributed by atoms with Crippen LogP contribution in [0.4, 0.5) is 0 Å². The maximum atomic E-state index is 12.8. The second-order valence-electron chi connectivity index (χ2n) is 4.82. The quantitative estimate of drug-likeness (QED) is 0.705. The van der Waals surface area contributed by atoms with E-state index in [4.69, 9.17) is 23.2 Å². The van der Waals surface area contributed by atoms with Gasteiger partial charge in [0.15, 0.2) is 0 Å². The van der Waals surface area contributed by atoms with Crippen molar-refractivity contribution in [2.24, 2.45) is 0 Å². The molecule has 20 heavy (non-hydrogen) atoms. The van der Waals surface area contributed by atoms with Crippen LogP contribution in [0.15, 0.2) is 23.1 Å². The molecule has 1 fully saturated rings. The number of hydrogen-bond acceptors (Lipinski definition) is 2. The summed E-state index contributed by atoms with van der Waals surface area (Å²) in [5, 5.41) is 1.38. The van der Waals surface area contributed by atoms with E-state index >= 15 is 0 Å². The van der Waals surface area contributed by atoms with Gasteiger partial charge in [0.05, 0.1) is 5.02 Å². The standard InChI is InChI=1S/C13H16BrCl2NO2S/c14-7-6-11-3-1-2-8-17(11)20(18,19)13-9-10(15)4-5-12(13)16/h4-5,9,11H,1-3,6-8H2. The maximum absolute atomic E-state index is 12.8. The summed E-state index contributed by atoms with van der Waals surface area (Å²) >= 11 is 15.4. The molecule has 1 atom stereocenters. The van der Waals surface area contributed by atoms with Crippen molar-refractivity contribution in [3.63, 3.8) is 0 Å². The van der Waals surface area contributed by atoms with E-state index in [1.54, 1.807) is 10.4 Å². The first-order valence-electron chi connectivity index (χ1n) is 6.49. The minimum atomic E-state index is -3.59. The second-order valence-corrected chi connectivity index (χ2v) is 8.31. The highest BCUT2D eigenvalue weighted by molar-refractivity contribution is 9.09. The van der Waals surface area contributed by atoms with Gasteiger partial charge in [0, 0.05) is 22.9 Å². The summed E-state index contributed by atoms with van der Waals surface area (Å²) in [4.78, 5) is 0.105. The molecule has 0 bridgehead atoms.